The molecule has 35 heavy (non-hydrogen) atoms. The van der Waals surface area contributed by atoms with Crippen molar-refractivity contribution in [3.05, 3.63) is 35.2 Å². The summed E-state index contributed by atoms with van der Waals surface area (Å²) in [6.07, 6.45) is -8.02. The normalized spacial score (nSPS) is 13.3. The number of nitrogens with one attached hydrogen (secondary N) is 2. The fourth-order valence-electron chi connectivity index (χ4n) is 2.95. The summed E-state index contributed by atoms with van der Waals surface area (Å²) in [5.74, 6) is -3.47. The molecule has 0 aliphatic carbocycles. The molecule has 3 rings (SSSR count). The molecule has 192 valence electrons. The molecule has 0 amide bonds. The SMILES string of the molecule is C[C@H](Nc1c(-c2c(F)cc(OCCCNCC(F)(F)F)cc2F)c(Cl)nc2ncnn12)C(F)(F)F. The van der Waals surface area contributed by atoms with Crippen LogP contribution in [-0.2, 0) is 0 Å². The van der Waals surface area contributed by atoms with Gasteiger partial charge < -0.3 is 15.4 Å². The molecule has 0 spiro atoms. The predicted octanol–water partition coefficient (Wildman–Crippen LogP) is 5.01. The molecular formula is C19H17ClF8N6O. The van der Waals surface area contributed by atoms with Crippen LogP contribution >= 0.6 is 11.6 Å². The van der Waals surface area contributed by atoms with Crippen molar-refractivity contribution < 1.29 is 39.9 Å². The van der Waals surface area contributed by atoms with Gasteiger partial charge in [-0.25, -0.2) is 8.78 Å². The van der Waals surface area contributed by atoms with Crippen molar-refractivity contribution in [2.24, 2.45) is 0 Å². The van der Waals surface area contributed by atoms with Crippen molar-refractivity contribution in [2.45, 2.75) is 31.7 Å². The van der Waals surface area contributed by atoms with E-state index in [-0.39, 0.29) is 31.1 Å². The van der Waals surface area contributed by atoms with E-state index in [2.05, 4.69) is 25.7 Å². The molecule has 2 N–H and O–H groups in total. The Morgan fingerprint density at radius 2 is 1.74 bits per heavy atom. The summed E-state index contributed by atoms with van der Waals surface area (Å²) in [6, 6.07) is -0.632. The minimum absolute atomic E-state index is 0.0613. The number of alkyl halides is 6. The van der Waals surface area contributed by atoms with Gasteiger partial charge in [-0.1, -0.05) is 11.6 Å². The first-order valence-electron chi connectivity index (χ1n) is 9.90. The van der Waals surface area contributed by atoms with E-state index in [1.165, 1.54) is 0 Å². The number of aromatic nitrogens is 4. The van der Waals surface area contributed by atoms with E-state index >= 15 is 0 Å². The smallest absolute Gasteiger partial charge is 0.408 e. The van der Waals surface area contributed by atoms with Crippen molar-refractivity contribution in [1.82, 2.24) is 24.9 Å². The summed E-state index contributed by atoms with van der Waals surface area (Å²) in [6.45, 7) is -0.631. The standard InChI is InChI=1S/C19H17ClF8N6O/c1-9(19(26,27)28)32-16-14(15(20)33-17-30-8-31-34(16)17)13-11(21)5-10(6-12(13)22)35-4-2-3-29-7-18(23,24)25/h5-6,8-9,29,32H,2-4,7H2,1H3/t9-/m0/s1. The minimum Gasteiger partial charge on any atom is -0.493 e. The molecule has 2 aromatic heterocycles. The number of hydrogen-bond donors (Lipinski definition) is 2. The lowest BCUT2D eigenvalue weighted by molar-refractivity contribution is -0.138. The van der Waals surface area contributed by atoms with Crippen molar-refractivity contribution in [1.29, 1.82) is 0 Å². The van der Waals surface area contributed by atoms with Gasteiger partial charge in [-0.3, -0.25) is 0 Å². The minimum atomic E-state index is -4.72. The largest absolute Gasteiger partial charge is 0.493 e. The highest BCUT2D eigenvalue weighted by Crippen LogP contribution is 2.39. The van der Waals surface area contributed by atoms with Gasteiger partial charge in [-0.2, -0.15) is 45.9 Å². The van der Waals surface area contributed by atoms with Gasteiger partial charge in [0, 0.05) is 12.1 Å². The third kappa shape index (κ3) is 6.60. The highest BCUT2D eigenvalue weighted by molar-refractivity contribution is 6.33. The average molecular weight is 533 g/mol. The zero-order valence-corrected chi connectivity index (χ0v) is 18.5. The van der Waals surface area contributed by atoms with Gasteiger partial charge in [-0.05, 0) is 19.9 Å². The maximum atomic E-state index is 15.0. The number of ether oxygens (including phenoxy) is 1. The first-order chi connectivity index (χ1) is 16.3. The van der Waals surface area contributed by atoms with Gasteiger partial charge >= 0.3 is 12.4 Å². The quantitative estimate of drug-likeness (QED) is 0.229. The van der Waals surface area contributed by atoms with Crippen LogP contribution < -0.4 is 15.4 Å². The fourth-order valence-corrected chi connectivity index (χ4v) is 3.21. The molecule has 2 heterocycles. The second kappa shape index (κ2) is 10.4. The summed E-state index contributed by atoms with van der Waals surface area (Å²) in [4.78, 5) is 7.56. The van der Waals surface area contributed by atoms with Gasteiger partial charge in [-0.15, -0.1) is 0 Å². The summed E-state index contributed by atoms with van der Waals surface area (Å²) in [5, 5.41) is 7.46. The highest BCUT2D eigenvalue weighted by atomic mass is 35.5. The number of halogens is 9. The first kappa shape index (κ1) is 26.7. The lowest BCUT2D eigenvalue weighted by atomic mass is 10.1. The maximum absolute atomic E-state index is 15.0. The Labute approximate surface area is 197 Å². The van der Waals surface area contributed by atoms with Crippen molar-refractivity contribution >= 4 is 23.2 Å². The molecule has 16 heteroatoms. The van der Waals surface area contributed by atoms with E-state index in [0.717, 1.165) is 29.9 Å². The molecular weight excluding hydrogens is 516 g/mol. The molecule has 1 atom stereocenters. The Morgan fingerprint density at radius 3 is 2.34 bits per heavy atom. The zero-order valence-electron chi connectivity index (χ0n) is 17.7. The van der Waals surface area contributed by atoms with Crippen molar-refractivity contribution in [2.75, 3.05) is 25.0 Å². The second-order valence-corrected chi connectivity index (χ2v) is 7.62. The number of anilines is 1. The summed E-state index contributed by atoms with van der Waals surface area (Å²) in [7, 11) is 0. The van der Waals surface area contributed by atoms with Crippen LogP contribution in [0.25, 0.3) is 16.9 Å². The highest BCUT2D eigenvalue weighted by Gasteiger charge is 2.37. The third-order valence-electron chi connectivity index (χ3n) is 4.58. The zero-order chi connectivity index (χ0) is 26.0. The van der Waals surface area contributed by atoms with Gasteiger partial charge in [0.1, 0.15) is 40.7 Å². The van der Waals surface area contributed by atoms with E-state index < -0.39 is 58.7 Å². The number of hydrogen-bond acceptors (Lipinski definition) is 6. The van der Waals surface area contributed by atoms with Gasteiger partial charge in [0.15, 0.2) is 0 Å². The van der Waals surface area contributed by atoms with Crippen LogP contribution in [0.15, 0.2) is 18.5 Å². The predicted molar refractivity (Wildman–Crippen MR) is 109 cm³/mol. The van der Waals surface area contributed by atoms with Crippen molar-refractivity contribution in [3.63, 3.8) is 0 Å². The van der Waals surface area contributed by atoms with Crippen LogP contribution in [0, 0.1) is 11.6 Å². The lowest BCUT2D eigenvalue weighted by Gasteiger charge is -2.21. The Kier molecular flexibility index (Phi) is 7.89. The number of rotatable bonds is 9. The summed E-state index contributed by atoms with van der Waals surface area (Å²) < 4.78 is 112. The van der Waals surface area contributed by atoms with Gasteiger partial charge in [0.25, 0.3) is 5.78 Å². The average Bonchev–Trinajstić information content (AvgIpc) is 3.18. The van der Waals surface area contributed by atoms with E-state index in [1.807, 2.05) is 0 Å². The molecule has 3 aromatic rings. The van der Waals surface area contributed by atoms with E-state index in [1.54, 1.807) is 0 Å². The summed E-state index contributed by atoms with van der Waals surface area (Å²) in [5.41, 5.74) is -1.32. The Bertz CT molecular complexity index is 1160. The monoisotopic (exact) mass is 532 g/mol. The Morgan fingerprint density at radius 1 is 1.09 bits per heavy atom. The van der Waals surface area contributed by atoms with Crippen LogP contribution in [0.3, 0.4) is 0 Å². The van der Waals surface area contributed by atoms with Crippen LogP contribution in [0.5, 0.6) is 5.75 Å². The molecule has 1 aromatic carbocycles. The molecule has 7 nitrogen and oxygen atoms in total. The van der Waals surface area contributed by atoms with Crippen LogP contribution in [0.1, 0.15) is 13.3 Å². The Balaban J connectivity index is 1.88. The molecule has 0 saturated heterocycles. The van der Waals surface area contributed by atoms with E-state index in [0.29, 0.717) is 0 Å². The van der Waals surface area contributed by atoms with Crippen LogP contribution in [0.4, 0.5) is 40.9 Å². The molecule has 0 saturated carbocycles. The Hall–Kier alpha value is -2.94. The van der Waals surface area contributed by atoms with Crippen LogP contribution in [0.2, 0.25) is 5.15 Å². The maximum Gasteiger partial charge on any atom is 0.408 e. The number of fused-ring (bicyclic) bond motifs is 1. The molecule has 0 aliphatic heterocycles. The molecule has 0 bridgehead atoms. The molecule has 0 fully saturated rings. The summed E-state index contributed by atoms with van der Waals surface area (Å²) >= 11 is 6.08. The topological polar surface area (TPSA) is 76.4 Å². The molecule has 0 aliphatic rings. The van der Waals surface area contributed by atoms with Gasteiger partial charge in [0.2, 0.25) is 0 Å². The third-order valence-corrected chi connectivity index (χ3v) is 4.86. The molecule has 0 unspecified atom stereocenters. The van der Waals surface area contributed by atoms with Crippen LogP contribution in [-0.4, -0.2) is 57.7 Å². The number of benzene rings is 1. The van der Waals surface area contributed by atoms with E-state index in [4.69, 9.17) is 16.3 Å². The molecule has 0 radical (unpaired) electrons. The van der Waals surface area contributed by atoms with Crippen molar-refractivity contribution in [3.8, 4) is 16.9 Å². The lowest BCUT2D eigenvalue weighted by Crippen LogP contribution is -2.34. The fraction of sp³-hybridized carbons (Fsp3) is 0.421. The second-order valence-electron chi connectivity index (χ2n) is 7.26. The number of nitrogens with zero attached hydrogens (tertiary/aromatic N) is 4. The first-order valence-corrected chi connectivity index (χ1v) is 10.3. The van der Waals surface area contributed by atoms with E-state index in [9.17, 15) is 35.1 Å². The van der Waals surface area contributed by atoms with Gasteiger partial charge in [0.05, 0.1) is 24.3 Å².